The zero-order valence-corrected chi connectivity index (χ0v) is 66.2. The fraction of sp³-hybridized carbons (Fsp3) is 0.682. The third-order valence-electron chi connectivity index (χ3n) is 16.6. The molecule has 0 radical (unpaired) electrons. The van der Waals surface area contributed by atoms with E-state index in [1.807, 2.05) is 0 Å². The number of aliphatic hydroxyl groups is 2. The predicted molar refractivity (Wildman–Crippen MR) is 426 cm³/mol. The maximum atomic E-state index is 13.0. The SMILES string of the molecule is CC/C=C\C/C=C\C/C=C\C/C=C\C/C=C\C/C=C\CCCCCCCCCCCCCCC(=O)OCC(O)COP(=O)(O)OCC(O)COP(=O)(O)OCC(COC(=O)CCCC/C=C\C/C=C\C/C=C\C/C=C\C/C=C\C/C=C\CC)OC(=O)CCCCCCCCCCCCCCCCC. The first-order valence-electron chi connectivity index (χ1n) is 40.1. The number of carbonyl (C=O) groups is 3. The summed E-state index contributed by atoms with van der Waals surface area (Å²) < 4.78 is 61.1. The Balaban J connectivity index is 4.54. The molecule has 0 aliphatic heterocycles. The lowest BCUT2D eigenvalue weighted by Gasteiger charge is -2.21. The first kappa shape index (κ1) is 98.4. The summed E-state index contributed by atoms with van der Waals surface area (Å²) in [5, 5.41) is 20.6. The van der Waals surface area contributed by atoms with Crippen molar-refractivity contribution in [2.45, 2.75) is 334 Å². The van der Waals surface area contributed by atoms with Gasteiger partial charge in [-0.2, -0.15) is 0 Å². The van der Waals surface area contributed by atoms with Gasteiger partial charge in [0, 0.05) is 19.3 Å². The number of ether oxygens (including phenoxy) is 3. The molecule has 0 rings (SSSR count). The molecule has 590 valence electrons. The highest BCUT2D eigenvalue weighted by Crippen LogP contribution is 2.45. The zero-order chi connectivity index (χ0) is 75.2. The van der Waals surface area contributed by atoms with Crippen LogP contribution in [0.4, 0.5) is 0 Å². The minimum atomic E-state index is -4.94. The topological polar surface area (TPSA) is 231 Å². The summed E-state index contributed by atoms with van der Waals surface area (Å²) >= 11 is 0. The molecule has 0 aromatic heterocycles. The Labute approximate surface area is 626 Å². The van der Waals surface area contributed by atoms with Gasteiger partial charge >= 0.3 is 33.6 Å². The van der Waals surface area contributed by atoms with Crippen LogP contribution < -0.4 is 0 Å². The Morgan fingerprint density at radius 1 is 0.282 bits per heavy atom. The van der Waals surface area contributed by atoms with E-state index in [9.17, 15) is 43.5 Å². The summed E-state index contributed by atoms with van der Waals surface area (Å²) in [6.45, 7) is 2.42. The quantitative estimate of drug-likeness (QED) is 0.0146. The molecule has 0 amide bonds. The number of hydrogen-bond acceptors (Lipinski definition) is 14. The second kappa shape index (κ2) is 77.1. The van der Waals surface area contributed by atoms with Crippen LogP contribution in [0.25, 0.3) is 0 Å². The normalized spacial score (nSPS) is 14.7. The molecule has 16 nitrogen and oxygen atoms in total. The van der Waals surface area contributed by atoms with Crippen LogP contribution >= 0.6 is 15.6 Å². The number of carbonyl (C=O) groups excluding carboxylic acids is 3. The van der Waals surface area contributed by atoms with Crippen molar-refractivity contribution in [1.82, 2.24) is 0 Å². The third kappa shape index (κ3) is 78.3. The summed E-state index contributed by atoms with van der Waals surface area (Å²) in [6.07, 6.45) is 94.7. The molecule has 0 aliphatic rings. The van der Waals surface area contributed by atoms with Crippen LogP contribution in [0.1, 0.15) is 316 Å². The summed E-state index contributed by atoms with van der Waals surface area (Å²) in [7, 11) is -9.80. The van der Waals surface area contributed by atoms with E-state index in [0.29, 0.717) is 19.3 Å². The molecular weight excluding hydrogens is 1340 g/mol. The minimum Gasteiger partial charge on any atom is -0.463 e. The maximum absolute atomic E-state index is 13.0. The number of phosphoric ester groups is 2. The highest BCUT2D eigenvalue weighted by atomic mass is 31.2. The van der Waals surface area contributed by atoms with Gasteiger partial charge < -0.3 is 34.2 Å². The van der Waals surface area contributed by atoms with Crippen molar-refractivity contribution >= 4 is 33.6 Å². The van der Waals surface area contributed by atoms with Crippen molar-refractivity contribution in [3.05, 3.63) is 146 Å². The molecule has 0 aromatic rings. The van der Waals surface area contributed by atoms with Crippen molar-refractivity contribution < 1.29 is 75.8 Å². The van der Waals surface area contributed by atoms with Crippen LogP contribution in [0.5, 0.6) is 0 Å². The van der Waals surface area contributed by atoms with Crippen LogP contribution in [-0.2, 0) is 55.8 Å². The van der Waals surface area contributed by atoms with Gasteiger partial charge in [0.1, 0.15) is 25.4 Å². The number of aliphatic hydroxyl groups excluding tert-OH is 2. The van der Waals surface area contributed by atoms with E-state index in [0.717, 1.165) is 141 Å². The van der Waals surface area contributed by atoms with Gasteiger partial charge in [-0.1, -0.05) is 321 Å². The van der Waals surface area contributed by atoms with Gasteiger partial charge in [0.05, 0.1) is 26.4 Å². The van der Waals surface area contributed by atoms with E-state index >= 15 is 0 Å². The third-order valence-corrected chi connectivity index (χ3v) is 18.5. The van der Waals surface area contributed by atoms with Crippen LogP contribution in [0, 0.1) is 0 Å². The molecule has 0 bridgehead atoms. The van der Waals surface area contributed by atoms with E-state index in [-0.39, 0.29) is 19.3 Å². The average Bonchev–Trinajstić information content (AvgIpc) is 0.922. The molecule has 103 heavy (non-hydrogen) atoms. The molecule has 0 aromatic carbocycles. The number of phosphoric acid groups is 2. The number of allylic oxidation sites excluding steroid dienone is 24. The lowest BCUT2D eigenvalue weighted by atomic mass is 10.0. The maximum Gasteiger partial charge on any atom is 0.472 e. The van der Waals surface area contributed by atoms with Crippen molar-refractivity contribution in [1.29, 1.82) is 0 Å². The first-order chi connectivity index (χ1) is 50.2. The summed E-state index contributed by atoms with van der Waals surface area (Å²) in [5.41, 5.74) is 0. The second-order valence-electron chi connectivity index (χ2n) is 26.5. The Morgan fingerprint density at radius 3 is 0.835 bits per heavy atom. The van der Waals surface area contributed by atoms with Gasteiger partial charge in [-0.3, -0.25) is 32.5 Å². The highest BCUT2D eigenvalue weighted by molar-refractivity contribution is 7.47. The Bertz CT molecular complexity index is 2450. The van der Waals surface area contributed by atoms with Crippen molar-refractivity contribution in [3.8, 4) is 0 Å². The van der Waals surface area contributed by atoms with Crippen LogP contribution in [0.2, 0.25) is 0 Å². The Kier molecular flexibility index (Phi) is 73.6. The standard InChI is InChI=1S/C85H144O16P2/c1-4-7-10-13-16-19-22-25-28-30-32-34-35-36-37-38-39-40-41-42-43-45-47-48-51-53-56-59-62-65-68-71-83(88)95-74-80(86)75-97-102(91,92)98-76-81(87)77-99-103(93,94)100-79-82(101-85(90)73-70-67-64-61-58-55-50-27-24-21-18-15-12-9-6-3)78-96-84(89)72-69-66-63-60-57-54-52-49-46-44-33-31-29-26-23-20-17-14-11-8-5-2/h7-8,10-11,16-17,19-20,25-26,28-29,32-34,36-37,39-40,44,49,52,57,60,80-82,86-87H,4-6,9,12-15,18,21-24,27,30-31,35,38,41-43,45-48,50-51,53-56,58-59,61-79H2,1-3H3,(H,91,92)(H,93,94)/b10-7-,11-8-,19-16-,20-17-,28-25-,29-26-,34-32-,37-36-,40-39-,44-33-,52-49-,60-57-. The fourth-order valence-corrected chi connectivity index (χ4v) is 12.1. The van der Waals surface area contributed by atoms with Crippen molar-refractivity contribution in [3.63, 3.8) is 0 Å². The smallest absolute Gasteiger partial charge is 0.463 e. The molecule has 5 unspecified atom stereocenters. The lowest BCUT2D eigenvalue weighted by molar-refractivity contribution is -0.161. The molecule has 18 heteroatoms. The molecule has 0 saturated carbocycles. The Morgan fingerprint density at radius 2 is 0.515 bits per heavy atom. The largest absolute Gasteiger partial charge is 0.472 e. The number of unbranched alkanes of at least 4 members (excludes halogenated alkanes) is 28. The fourth-order valence-electron chi connectivity index (χ4n) is 10.5. The zero-order valence-electron chi connectivity index (χ0n) is 64.4. The first-order valence-corrected chi connectivity index (χ1v) is 43.1. The lowest BCUT2D eigenvalue weighted by Crippen LogP contribution is -2.30. The number of esters is 3. The predicted octanol–water partition coefficient (Wildman–Crippen LogP) is 23.7. The van der Waals surface area contributed by atoms with Crippen LogP contribution in [0.15, 0.2) is 146 Å². The molecular formula is C85H144O16P2. The van der Waals surface area contributed by atoms with E-state index < -0.39 is 91.5 Å². The molecule has 0 saturated heterocycles. The minimum absolute atomic E-state index is 0.0951. The molecule has 0 aliphatic carbocycles. The molecule has 0 heterocycles. The van der Waals surface area contributed by atoms with Gasteiger partial charge in [-0.05, 0) is 122 Å². The van der Waals surface area contributed by atoms with E-state index in [2.05, 4.69) is 167 Å². The van der Waals surface area contributed by atoms with Gasteiger partial charge in [0.25, 0.3) is 0 Å². The van der Waals surface area contributed by atoms with E-state index in [1.54, 1.807) is 0 Å². The van der Waals surface area contributed by atoms with Gasteiger partial charge in [-0.25, -0.2) is 9.13 Å². The van der Waals surface area contributed by atoms with Gasteiger partial charge in [-0.15, -0.1) is 0 Å². The molecule has 0 spiro atoms. The monoisotopic (exact) mass is 1480 g/mol. The number of rotatable bonds is 75. The summed E-state index contributed by atoms with van der Waals surface area (Å²) in [5.74, 6) is -1.62. The molecule has 4 N–H and O–H groups in total. The highest BCUT2D eigenvalue weighted by Gasteiger charge is 2.29. The molecule has 5 atom stereocenters. The van der Waals surface area contributed by atoms with Gasteiger partial charge in [0.15, 0.2) is 6.10 Å². The van der Waals surface area contributed by atoms with E-state index in [1.165, 1.54) is 116 Å². The van der Waals surface area contributed by atoms with Crippen LogP contribution in [-0.4, -0.2) is 95.9 Å². The summed E-state index contributed by atoms with van der Waals surface area (Å²) in [6, 6.07) is 0. The van der Waals surface area contributed by atoms with Gasteiger partial charge in [0.2, 0.25) is 0 Å². The molecule has 0 fully saturated rings. The second-order valence-corrected chi connectivity index (χ2v) is 29.4. The van der Waals surface area contributed by atoms with Crippen LogP contribution in [0.3, 0.4) is 0 Å². The van der Waals surface area contributed by atoms with Crippen molar-refractivity contribution in [2.75, 3.05) is 39.6 Å². The average molecular weight is 1480 g/mol. The summed E-state index contributed by atoms with van der Waals surface area (Å²) in [4.78, 5) is 58.6. The van der Waals surface area contributed by atoms with Crippen molar-refractivity contribution in [2.24, 2.45) is 0 Å². The number of hydrogen-bond donors (Lipinski definition) is 4. The Hall–Kier alpha value is -4.57. The van der Waals surface area contributed by atoms with E-state index in [4.69, 9.17) is 32.3 Å².